The van der Waals surface area contributed by atoms with Crippen molar-refractivity contribution >= 4 is 27.6 Å². The largest absolute Gasteiger partial charge is 0.379 e. The smallest absolute Gasteiger partial charge is 0.243 e. The van der Waals surface area contributed by atoms with Crippen LogP contribution in [0.2, 0.25) is 0 Å². The molecule has 161 valence electrons. The second-order valence-corrected chi connectivity index (χ2v) is 10.3. The van der Waals surface area contributed by atoms with E-state index in [1.807, 2.05) is 18.2 Å². The lowest BCUT2D eigenvalue weighted by Gasteiger charge is -2.33. The Hall–Kier alpha value is -1.72. The van der Waals surface area contributed by atoms with Crippen molar-refractivity contribution in [2.45, 2.75) is 15.8 Å². The highest BCUT2D eigenvalue weighted by Gasteiger charge is 2.26. The van der Waals surface area contributed by atoms with E-state index in [0.29, 0.717) is 42.1 Å². The molecule has 0 atom stereocenters. The maximum atomic E-state index is 12.7. The Morgan fingerprint density at radius 2 is 1.77 bits per heavy atom. The fraction of sp³-hybridized carbons (Fsp3) is 0.500. The van der Waals surface area contributed by atoms with Crippen LogP contribution >= 0.6 is 11.8 Å². The number of benzene rings is 1. The minimum absolute atomic E-state index is 0.319. The fourth-order valence-electron chi connectivity index (χ4n) is 3.40. The summed E-state index contributed by atoms with van der Waals surface area (Å²) < 4.78 is 32.2. The van der Waals surface area contributed by atoms with E-state index in [-0.39, 0.29) is 0 Å². The Morgan fingerprint density at radius 1 is 1.07 bits per heavy atom. The molecule has 30 heavy (non-hydrogen) atoms. The molecular formula is C20H26N5O3S2. The van der Waals surface area contributed by atoms with Crippen molar-refractivity contribution in [3.8, 4) is 0 Å². The van der Waals surface area contributed by atoms with Gasteiger partial charge >= 0.3 is 0 Å². The number of morpholine rings is 1. The number of ether oxygens (including phenoxy) is 1. The van der Waals surface area contributed by atoms with Gasteiger partial charge in [-0.1, -0.05) is 23.9 Å². The molecule has 2 aliphatic heterocycles. The van der Waals surface area contributed by atoms with Crippen LogP contribution in [0.3, 0.4) is 0 Å². The van der Waals surface area contributed by atoms with Crippen LogP contribution in [-0.4, -0.2) is 87.1 Å². The molecule has 0 saturated carbocycles. The fourth-order valence-corrected chi connectivity index (χ4v) is 5.58. The van der Waals surface area contributed by atoms with Gasteiger partial charge in [0.05, 0.1) is 24.3 Å². The van der Waals surface area contributed by atoms with E-state index in [2.05, 4.69) is 33.0 Å². The van der Waals surface area contributed by atoms with E-state index in [1.165, 1.54) is 16.1 Å². The quantitative estimate of drug-likeness (QED) is 0.484. The number of anilines is 1. The summed E-state index contributed by atoms with van der Waals surface area (Å²) in [4.78, 5) is 13.8. The number of hydrogen-bond acceptors (Lipinski definition) is 8. The predicted molar refractivity (Wildman–Crippen MR) is 116 cm³/mol. The molecule has 1 aromatic carbocycles. The number of thioether (sulfide) groups is 1. The summed E-state index contributed by atoms with van der Waals surface area (Å²) in [6.45, 7) is 5.62. The first kappa shape index (κ1) is 21.5. The molecule has 3 heterocycles. The van der Waals surface area contributed by atoms with Crippen LogP contribution in [0.25, 0.3) is 0 Å². The number of rotatable bonds is 6. The highest BCUT2D eigenvalue weighted by Crippen LogP contribution is 2.24. The first-order valence-corrected chi connectivity index (χ1v) is 12.4. The van der Waals surface area contributed by atoms with Crippen LogP contribution in [0.1, 0.15) is 5.56 Å². The lowest BCUT2D eigenvalue weighted by atomic mass is 10.2. The van der Waals surface area contributed by atoms with Crippen molar-refractivity contribution in [2.24, 2.45) is 0 Å². The van der Waals surface area contributed by atoms with Gasteiger partial charge in [0.15, 0.2) is 5.16 Å². The SMILES string of the molecule is CN1CCN(c2c[c]nc(SCc3ccc(S(=O)(=O)N4CCOCC4)cc3)n2)CC1. The van der Waals surface area contributed by atoms with Gasteiger partial charge in [-0.3, -0.25) is 0 Å². The van der Waals surface area contributed by atoms with E-state index >= 15 is 0 Å². The summed E-state index contributed by atoms with van der Waals surface area (Å²) >= 11 is 1.53. The zero-order chi connectivity index (χ0) is 21.0. The van der Waals surface area contributed by atoms with Crippen LogP contribution < -0.4 is 4.90 Å². The normalized spacial score (nSPS) is 19.2. The summed E-state index contributed by atoms with van der Waals surface area (Å²) in [5, 5.41) is 0.677. The summed E-state index contributed by atoms with van der Waals surface area (Å²) in [6, 6.07) is 8.89. The van der Waals surface area contributed by atoms with Gasteiger partial charge < -0.3 is 14.5 Å². The summed E-state index contributed by atoms with van der Waals surface area (Å²) in [5.74, 6) is 1.57. The van der Waals surface area contributed by atoms with Gasteiger partial charge in [0, 0.05) is 51.1 Å². The molecule has 0 amide bonds. The van der Waals surface area contributed by atoms with Gasteiger partial charge in [-0.05, 0) is 24.7 Å². The van der Waals surface area contributed by atoms with E-state index in [9.17, 15) is 8.42 Å². The lowest BCUT2D eigenvalue weighted by Crippen LogP contribution is -2.44. The number of piperazine rings is 1. The number of aromatic nitrogens is 2. The Morgan fingerprint density at radius 3 is 2.47 bits per heavy atom. The highest BCUT2D eigenvalue weighted by atomic mass is 32.2. The van der Waals surface area contributed by atoms with E-state index in [1.54, 1.807) is 12.1 Å². The third kappa shape index (κ3) is 5.12. The molecular weight excluding hydrogens is 422 g/mol. The van der Waals surface area contributed by atoms with Crippen molar-refractivity contribution in [3.63, 3.8) is 0 Å². The highest BCUT2D eigenvalue weighted by molar-refractivity contribution is 7.98. The Labute approximate surface area is 182 Å². The van der Waals surface area contributed by atoms with E-state index < -0.39 is 10.0 Å². The van der Waals surface area contributed by atoms with Gasteiger partial charge in [0.1, 0.15) is 5.82 Å². The first-order chi connectivity index (χ1) is 14.5. The molecule has 8 nitrogen and oxygen atoms in total. The molecule has 2 aromatic rings. The molecule has 10 heteroatoms. The Kier molecular flexibility index (Phi) is 6.89. The molecule has 0 bridgehead atoms. The van der Waals surface area contributed by atoms with Crippen LogP contribution in [0, 0.1) is 6.20 Å². The van der Waals surface area contributed by atoms with Crippen molar-refractivity contribution in [2.75, 3.05) is 64.4 Å². The first-order valence-electron chi connectivity index (χ1n) is 10.0. The maximum absolute atomic E-state index is 12.7. The van der Waals surface area contributed by atoms with E-state index in [0.717, 1.165) is 37.6 Å². The average Bonchev–Trinajstić information content (AvgIpc) is 2.79. The number of sulfonamides is 1. The zero-order valence-corrected chi connectivity index (χ0v) is 18.7. The van der Waals surface area contributed by atoms with Crippen molar-refractivity contribution in [1.29, 1.82) is 0 Å². The minimum Gasteiger partial charge on any atom is -0.379 e. The monoisotopic (exact) mass is 448 g/mol. The molecule has 0 aliphatic carbocycles. The molecule has 1 aromatic heterocycles. The number of likely N-dealkylation sites (N-methyl/N-ethyl adjacent to an activating group) is 1. The van der Waals surface area contributed by atoms with Gasteiger partial charge in [0.25, 0.3) is 0 Å². The number of hydrogen-bond donors (Lipinski definition) is 0. The van der Waals surface area contributed by atoms with Gasteiger partial charge in [0.2, 0.25) is 10.0 Å². The Bertz CT molecular complexity index is 941. The van der Waals surface area contributed by atoms with E-state index in [4.69, 9.17) is 4.74 Å². The summed E-state index contributed by atoms with van der Waals surface area (Å²) in [6.07, 6.45) is 2.96. The maximum Gasteiger partial charge on any atom is 0.243 e. The van der Waals surface area contributed by atoms with Crippen LogP contribution in [0.15, 0.2) is 40.4 Å². The lowest BCUT2D eigenvalue weighted by molar-refractivity contribution is 0.0730. The summed E-state index contributed by atoms with van der Waals surface area (Å²) in [7, 11) is -1.33. The zero-order valence-electron chi connectivity index (χ0n) is 17.0. The molecule has 0 N–H and O–H groups in total. The third-order valence-corrected chi connectivity index (χ3v) is 8.12. The molecule has 0 spiro atoms. The minimum atomic E-state index is -3.46. The predicted octanol–water partition coefficient (Wildman–Crippen LogP) is 1.34. The van der Waals surface area contributed by atoms with Gasteiger partial charge in [-0.15, -0.1) is 0 Å². The molecule has 2 aliphatic rings. The molecule has 4 rings (SSSR count). The van der Waals surface area contributed by atoms with Crippen molar-refractivity contribution in [1.82, 2.24) is 19.2 Å². The van der Waals surface area contributed by atoms with Crippen molar-refractivity contribution in [3.05, 3.63) is 42.1 Å². The molecule has 1 radical (unpaired) electrons. The molecule has 2 saturated heterocycles. The summed E-state index contributed by atoms with van der Waals surface area (Å²) in [5.41, 5.74) is 1.02. The van der Waals surface area contributed by atoms with Gasteiger partial charge in [-0.2, -0.15) is 4.31 Å². The molecule has 0 unspecified atom stereocenters. The molecule has 2 fully saturated rings. The standard InChI is InChI=1S/C20H26N5O3S2/c1-23-8-10-24(11-9-23)19-6-7-21-20(22-19)29-16-17-2-4-18(5-3-17)30(26,27)25-12-14-28-15-13-25/h2-6H,8-16H2,1H3. The Balaban J connectivity index is 1.37. The van der Waals surface area contributed by atoms with Crippen LogP contribution in [0.5, 0.6) is 0 Å². The average molecular weight is 449 g/mol. The van der Waals surface area contributed by atoms with Crippen LogP contribution in [0.4, 0.5) is 5.82 Å². The number of nitrogens with zero attached hydrogens (tertiary/aromatic N) is 5. The van der Waals surface area contributed by atoms with Crippen LogP contribution in [-0.2, 0) is 20.5 Å². The topological polar surface area (TPSA) is 78.9 Å². The second kappa shape index (κ2) is 9.61. The van der Waals surface area contributed by atoms with Gasteiger partial charge in [-0.25, -0.2) is 18.4 Å². The third-order valence-electron chi connectivity index (χ3n) is 5.29. The second-order valence-electron chi connectivity index (χ2n) is 7.38. The van der Waals surface area contributed by atoms with Crippen molar-refractivity contribution < 1.29 is 13.2 Å².